The lowest BCUT2D eigenvalue weighted by molar-refractivity contribution is 0.133. The van der Waals surface area contributed by atoms with Crippen molar-refractivity contribution in [3.8, 4) is 17.6 Å². The largest absolute Gasteiger partial charge is 0.489 e. The fourth-order valence-electron chi connectivity index (χ4n) is 5.39. The Hall–Kier alpha value is -2.86. The second kappa shape index (κ2) is 10.8. The van der Waals surface area contributed by atoms with E-state index in [1.54, 1.807) is 24.3 Å². The van der Waals surface area contributed by atoms with Crippen LogP contribution in [0.5, 0.6) is 5.75 Å². The highest BCUT2D eigenvalue weighted by molar-refractivity contribution is 5.46. The number of hydrogen-bond acceptors (Lipinski definition) is 1. The Morgan fingerprint density at radius 2 is 1.64 bits per heavy atom. The molecule has 0 heterocycles. The first-order valence-electron chi connectivity index (χ1n) is 12.0. The third-order valence-corrected chi connectivity index (χ3v) is 7.31. The smallest absolute Gasteiger partial charge is 0.142 e. The molecule has 0 aromatic heterocycles. The monoisotopic (exact) mass is 446 g/mol. The van der Waals surface area contributed by atoms with E-state index in [0.29, 0.717) is 29.8 Å². The molecule has 2 fully saturated rings. The average molecular weight is 447 g/mol. The number of ether oxygens (including phenoxy) is 1. The molecule has 33 heavy (non-hydrogen) atoms. The van der Waals surface area contributed by atoms with Crippen molar-refractivity contribution in [2.75, 3.05) is 6.61 Å². The van der Waals surface area contributed by atoms with Crippen molar-refractivity contribution in [3.05, 3.63) is 89.5 Å². The molecule has 3 heteroatoms. The molecular weight excluding hydrogens is 414 g/mol. The minimum atomic E-state index is -0.472. The van der Waals surface area contributed by atoms with E-state index in [4.69, 9.17) is 4.74 Å². The van der Waals surface area contributed by atoms with Crippen LogP contribution >= 0.6 is 0 Å². The average Bonchev–Trinajstić information content (AvgIpc) is 2.83. The summed E-state index contributed by atoms with van der Waals surface area (Å²) < 4.78 is 34.6. The summed E-state index contributed by atoms with van der Waals surface area (Å²) in [5.74, 6) is 7.84. The molecule has 0 bridgehead atoms. The van der Waals surface area contributed by atoms with Gasteiger partial charge in [0.1, 0.15) is 24.0 Å². The topological polar surface area (TPSA) is 9.23 Å². The van der Waals surface area contributed by atoms with Crippen LogP contribution in [0.15, 0.2) is 61.2 Å². The van der Waals surface area contributed by atoms with Crippen LogP contribution in [0.25, 0.3) is 0 Å². The summed E-state index contributed by atoms with van der Waals surface area (Å²) in [6.07, 6.45) is 13.1. The van der Waals surface area contributed by atoms with Crippen molar-refractivity contribution in [2.24, 2.45) is 17.8 Å². The SMILES string of the molecule is C=CC1CCC2CC(c3ccc(C#Cc4ccc(OC/C=C/C)cc4F)c(F)c3)CCC2C1. The molecule has 0 spiro atoms. The standard InChI is InChI=1S/C30H32F2O/c1-3-5-16-33-28-15-14-23(30(32)20-28)9-8-22-10-11-27(19-29(22)31)26-13-12-24-17-21(4-2)6-7-25(24)18-26/h3-5,10-11,14-15,19-21,24-26H,2,6-7,12-13,16-18H2,1H3/b5-3+. The van der Waals surface area contributed by atoms with Gasteiger partial charge in [-0.1, -0.05) is 36.1 Å². The molecule has 2 aliphatic carbocycles. The highest BCUT2D eigenvalue weighted by Crippen LogP contribution is 2.47. The van der Waals surface area contributed by atoms with Crippen LogP contribution in [0.3, 0.4) is 0 Å². The summed E-state index contributed by atoms with van der Waals surface area (Å²) in [5.41, 5.74) is 1.59. The molecule has 0 radical (unpaired) electrons. The number of allylic oxidation sites excluding steroid dienone is 2. The zero-order chi connectivity index (χ0) is 23.2. The molecule has 0 aliphatic heterocycles. The van der Waals surface area contributed by atoms with Crippen LogP contribution in [0, 0.1) is 41.2 Å². The molecule has 0 saturated heterocycles. The van der Waals surface area contributed by atoms with E-state index >= 15 is 0 Å². The van der Waals surface area contributed by atoms with Crippen LogP contribution in [0.2, 0.25) is 0 Å². The van der Waals surface area contributed by atoms with Gasteiger partial charge in [0.2, 0.25) is 0 Å². The van der Waals surface area contributed by atoms with Gasteiger partial charge in [-0.15, -0.1) is 6.58 Å². The van der Waals surface area contributed by atoms with E-state index in [0.717, 1.165) is 30.2 Å². The van der Waals surface area contributed by atoms with E-state index < -0.39 is 5.82 Å². The van der Waals surface area contributed by atoms with Gasteiger partial charge in [-0.2, -0.15) is 0 Å². The highest BCUT2D eigenvalue weighted by atomic mass is 19.1. The Kier molecular flexibility index (Phi) is 7.65. The quantitative estimate of drug-likeness (QED) is 0.336. The van der Waals surface area contributed by atoms with Gasteiger partial charge < -0.3 is 4.74 Å². The molecule has 4 rings (SSSR count). The highest BCUT2D eigenvalue weighted by Gasteiger charge is 2.35. The van der Waals surface area contributed by atoms with Crippen molar-refractivity contribution in [3.63, 3.8) is 0 Å². The lowest BCUT2D eigenvalue weighted by Gasteiger charge is -2.41. The van der Waals surface area contributed by atoms with Gasteiger partial charge in [0, 0.05) is 6.07 Å². The summed E-state index contributed by atoms with van der Waals surface area (Å²) in [7, 11) is 0. The number of benzene rings is 2. The zero-order valence-corrected chi connectivity index (χ0v) is 19.3. The van der Waals surface area contributed by atoms with E-state index in [-0.39, 0.29) is 11.4 Å². The summed E-state index contributed by atoms with van der Waals surface area (Å²) in [6.45, 7) is 6.26. The Morgan fingerprint density at radius 3 is 2.33 bits per heavy atom. The molecular formula is C30H32F2O. The molecule has 4 unspecified atom stereocenters. The molecule has 0 amide bonds. The summed E-state index contributed by atoms with van der Waals surface area (Å²) in [4.78, 5) is 0. The van der Waals surface area contributed by atoms with Crippen molar-refractivity contribution in [1.82, 2.24) is 0 Å². The summed E-state index contributed by atoms with van der Waals surface area (Å²) >= 11 is 0. The second-order valence-electron chi connectivity index (χ2n) is 9.35. The van der Waals surface area contributed by atoms with Crippen LogP contribution in [0.1, 0.15) is 68.1 Å². The molecule has 2 aromatic rings. The van der Waals surface area contributed by atoms with E-state index in [9.17, 15) is 8.78 Å². The summed E-state index contributed by atoms with van der Waals surface area (Å²) in [5, 5.41) is 0. The minimum absolute atomic E-state index is 0.227. The van der Waals surface area contributed by atoms with Crippen LogP contribution < -0.4 is 4.74 Å². The van der Waals surface area contributed by atoms with E-state index in [1.165, 1.54) is 31.7 Å². The van der Waals surface area contributed by atoms with Gasteiger partial charge in [0.05, 0.1) is 11.1 Å². The third-order valence-electron chi connectivity index (χ3n) is 7.31. The molecule has 2 aromatic carbocycles. The van der Waals surface area contributed by atoms with Crippen molar-refractivity contribution < 1.29 is 13.5 Å². The zero-order valence-electron chi connectivity index (χ0n) is 19.3. The van der Waals surface area contributed by atoms with Crippen molar-refractivity contribution >= 4 is 0 Å². The number of halogens is 2. The molecule has 0 N–H and O–H groups in total. The maximum atomic E-state index is 14.8. The predicted molar refractivity (Wildman–Crippen MR) is 130 cm³/mol. The fraction of sp³-hybridized carbons (Fsp3) is 0.400. The predicted octanol–water partition coefficient (Wildman–Crippen LogP) is 7.81. The first kappa shape index (κ1) is 23.3. The molecule has 1 nitrogen and oxygen atoms in total. The normalized spacial score (nSPS) is 24.6. The van der Waals surface area contributed by atoms with Gasteiger partial charge in [-0.3, -0.25) is 0 Å². The maximum absolute atomic E-state index is 14.8. The van der Waals surface area contributed by atoms with Gasteiger partial charge in [-0.05, 0) is 98.9 Å². The van der Waals surface area contributed by atoms with Crippen molar-refractivity contribution in [2.45, 2.75) is 51.4 Å². The molecule has 2 aliphatic rings. The minimum Gasteiger partial charge on any atom is -0.489 e. The Labute approximate surface area is 196 Å². The van der Waals surface area contributed by atoms with Gasteiger partial charge in [0.15, 0.2) is 0 Å². The lowest BCUT2D eigenvalue weighted by Crippen LogP contribution is -2.30. The Bertz CT molecular complexity index is 1070. The summed E-state index contributed by atoms with van der Waals surface area (Å²) in [6, 6.07) is 9.94. The van der Waals surface area contributed by atoms with Crippen molar-refractivity contribution in [1.29, 1.82) is 0 Å². The van der Waals surface area contributed by atoms with Gasteiger partial charge in [-0.25, -0.2) is 8.78 Å². The van der Waals surface area contributed by atoms with E-state index in [1.807, 2.05) is 25.1 Å². The van der Waals surface area contributed by atoms with E-state index in [2.05, 4.69) is 24.5 Å². The lowest BCUT2D eigenvalue weighted by atomic mass is 9.64. The first-order valence-corrected chi connectivity index (χ1v) is 12.0. The van der Waals surface area contributed by atoms with Crippen LogP contribution in [0.4, 0.5) is 8.78 Å². The molecule has 2 saturated carbocycles. The molecule has 4 atom stereocenters. The van der Waals surface area contributed by atoms with Crippen LogP contribution in [-0.2, 0) is 0 Å². The fourth-order valence-corrected chi connectivity index (χ4v) is 5.39. The Balaban J connectivity index is 1.42. The Morgan fingerprint density at radius 1 is 0.939 bits per heavy atom. The third kappa shape index (κ3) is 5.74. The van der Waals surface area contributed by atoms with Gasteiger partial charge >= 0.3 is 0 Å². The second-order valence-corrected chi connectivity index (χ2v) is 9.35. The number of hydrogen-bond donors (Lipinski definition) is 0. The number of fused-ring (bicyclic) bond motifs is 1. The maximum Gasteiger partial charge on any atom is 0.142 e. The first-order chi connectivity index (χ1) is 16.1. The van der Waals surface area contributed by atoms with Gasteiger partial charge in [0.25, 0.3) is 0 Å². The molecule has 172 valence electrons. The number of rotatable bonds is 5. The van der Waals surface area contributed by atoms with Crippen LogP contribution in [-0.4, -0.2) is 6.61 Å².